The van der Waals surface area contributed by atoms with Gasteiger partial charge in [0.1, 0.15) is 11.6 Å². The second kappa shape index (κ2) is 6.13. The van der Waals surface area contributed by atoms with E-state index < -0.39 is 17.5 Å². The monoisotopic (exact) mass is 298 g/mol. The second-order valence-corrected chi connectivity index (χ2v) is 4.51. The highest BCUT2D eigenvalue weighted by atomic mass is 19.4. The summed E-state index contributed by atoms with van der Waals surface area (Å²) < 4.78 is 50.0. The highest BCUT2D eigenvalue weighted by Crippen LogP contribution is 2.33. The lowest BCUT2D eigenvalue weighted by atomic mass is 10.1. The van der Waals surface area contributed by atoms with E-state index in [9.17, 15) is 22.7 Å². The Hall–Kier alpha value is -2.08. The molecule has 6 heteroatoms. The van der Waals surface area contributed by atoms with E-state index in [1.807, 2.05) is 0 Å². The third kappa shape index (κ3) is 4.19. The maximum absolute atomic E-state index is 12.7. The summed E-state index contributed by atoms with van der Waals surface area (Å²) in [7, 11) is 0. The van der Waals surface area contributed by atoms with Crippen LogP contribution in [0.2, 0.25) is 0 Å². The van der Waals surface area contributed by atoms with Crippen molar-refractivity contribution in [1.29, 1.82) is 0 Å². The molecule has 21 heavy (non-hydrogen) atoms. The Balaban J connectivity index is 1.96. The lowest BCUT2D eigenvalue weighted by Crippen LogP contribution is -2.04. The predicted molar refractivity (Wildman–Crippen MR) is 70.3 cm³/mol. The molecule has 0 fully saturated rings. The number of hydrogen-bond donors (Lipinski definition) is 1. The molecule has 0 atom stereocenters. The van der Waals surface area contributed by atoms with Crippen LogP contribution in [0.1, 0.15) is 16.7 Å². The summed E-state index contributed by atoms with van der Waals surface area (Å²) in [6, 6.07) is 8.55. The largest absolute Gasteiger partial charge is 0.655 e. The number of hydrogen-bond acceptors (Lipinski definition) is 1. The van der Waals surface area contributed by atoms with Crippen LogP contribution in [0.3, 0.4) is 0 Å². The summed E-state index contributed by atoms with van der Waals surface area (Å²) in [5, 5.41) is 13.7. The van der Waals surface area contributed by atoms with Crippen LogP contribution in [-0.4, -0.2) is 5.11 Å². The zero-order valence-electron chi connectivity index (χ0n) is 10.9. The molecule has 0 aliphatic heterocycles. The Kier molecular flexibility index (Phi) is 4.47. The molecule has 0 radical (unpaired) electrons. The fourth-order valence-electron chi connectivity index (χ4n) is 1.77. The molecule has 2 rings (SSSR count). The average Bonchev–Trinajstić information content (AvgIpc) is 2.41. The van der Waals surface area contributed by atoms with Crippen LogP contribution >= 0.6 is 0 Å². The zero-order chi connectivity index (χ0) is 15.5. The second-order valence-electron chi connectivity index (χ2n) is 4.51. The molecule has 0 saturated carbocycles. The van der Waals surface area contributed by atoms with Gasteiger partial charge in [-0.15, -0.1) is 13.1 Å². The lowest BCUT2D eigenvalue weighted by Gasteiger charge is -2.20. The third-order valence-electron chi connectivity index (χ3n) is 2.90. The maximum Gasteiger partial charge on any atom is 0.416 e. The van der Waals surface area contributed by atoms with Crippen LogP contribution in [0.15, 0.2) is 42.5 Å². The summed E-state index contributed by atoms with van der Waals surface area (Å²) in [4.78, 5) is 0. The normalized spacial score (nSPS) is 11.6. The third-order valence-corrected chi connectivity index (χ3v) is 2.90. The first kappa shape index (κ1) is 15.3. The maximum atomic E-state index is 12.7. The van der Waals surface area contributed by atoms with Crippen LogP contribution in [0.4, 0.5) is 17.6 Å². The Labute approximate surface area is 119 Å². The molecular formula is C15H12F4NO-. The van der Waals surface area contributed by atoms with Gasteiger partial charge < -0.3 is 10.4 Å². The molecule has 2 nitrogen and oxygen atoms in total. The van der Waals surface area contributed by atoms with Crippen LogP contribution in [-0.2, 0) is 19.3 Å². The average molecular weight is 298 g/mol. The molecule has 0 saturated heterocycles. The highest BCUT2D eigenvalue weighted by Gasteiger charge is 2.30. The van der Waals surface area contributed by atoms with Crippen LogP contribution in [0, 0.1) is 5.82 Å². The molecule has 0 aliphatic carbocycles. The van der Waals surface area contributed by atoms with Gasteiger partial charge in [0.25, 0.3) is 0 Å². The number of aromatic hydroxyl groups is 1. The van der Waals surface area contributed by atoms with Gasteiger partial charge >= 0.3 is 6.18 Å². The van der Waals surface area contributed by atoms with Gasteiger partial charge in [-0.05, 0) is 29.8 Å². The van der Waals surface area contributed by atoms with Gasteiger partial charge in [0.15, 0.2) is 0 Å². The Morgan fingerprint density at radius 1 is 0.952 bits per heavy atom. The summed E-state index contributed by atoms with van der Waals surface area (Å²) in [6.45, 7) is 0.377. The van der Waals surface area contributed by atoms with Crippen LogP contribution in [0.5, 0.6) is 5.75 Å². The summed E-state index contributed by atoms with van der Waals surface area (Å²) in [5.74, 6) is -0.785. The van der Waals surface area contributed by atoms with E-state index in [0.717, 1.165) is 11.6 Å². The van der Waals surface area contributed by atoms with Crippen molar-refractivity contribution < 1.29 is 22.7 Å². The van der Waals surface area contributed by atoms with Gasteiger partial charge in [-0.3, -0.25) is 0 Å². The summed E-state index contributed by atoms with van der Waals surface area (Å²) in [5.41, 5.74) is 0.190. The van der Waals surface area contributed by atoms with Crippen LogP contribution in [0.25, 0.3) is 5.32 Å². The fraction of sp³-hybridized carbons (Fsp3) is 0.200. The molecule has 0 heterocycles. The molecule has 0 amide bonds. The van der Waals surface area contributed by atoms with Gasteiger partial charge in [0, 0.05) is 0 Å². The Bertz CT molecular complexity index is 608. The van der Waals surface area contributed by atoms with Crippen molar-refractivity contribution in [1.82, 2.24) is 0 Å². The number of phenols is 1. The number of halogens is 4. The van der Waals surface area contributed by atoms with Crippen molar-refractivity contribution in [3.8, 4) is 5.75 Å². The molecule has 0 aromatic heterocycles. The smallest absolute Gasteiger partial charge is 0.416 e. The Morgan fingerprint density at radius 3 is 2.19 bits per heavy atom. The Morgan fingerprint density at radius 2 is 1.62 bits per heavy atom. The standard InChI is InChI=1S/C15H12F4NO/c16-13-5-1-10(2-6-13)8-20-9-11-3-4-12(7-14(11)21)15(17,18)19/h1-7,21H,8-9H2/q-1. The quantitative estimate of drug-likeness (QED) is 0.821. The van der Waals surface area contributed by atoms with Crippen molar-refractivity contribution in [2.45, 2.75) is 19.3 Å². The minimum Gasteiger partial charge on any atom is -0.655 e. The van der Waals surface area contributed by atoms with Crippen molar-refractivity contribution >= 4 is 0 Å². The molecule has 0 spiro atoms. The molecule has 1 N–H and O–H groups in total. The number of rotatable bonds is 4. The van der Waals surface area contributed by atoms with E-state index >= 15 is 0 Å². The van der Waals surface area contributed by atoms with Crippen LogP contribution < -0.4 is 0 Å². The summed E-state index contributed by atoms with van der Waals surface area (Å²) >= 11 is 0. The molecule has 2 aromatic carbocycles. The van der Waals surface area contributed by atoms with Crippen molar-refractivity contribution in [3.05, 3.63) is 70.3 Å². The number of nitrogens with zero attached hydrogens (tertiary/aromatic N) is 1. The van der Waals surface area contributed by atoms with Crippen molar-refractivity contribution in [2.24, 2.45) is 0 Å². The molecule has 0 bridgehead atoms. The SMILES string of the molecule is Oc1cc(C(F)(F)F)ccc1C[N-]Cc1ccc(F)cc1. The minimum atomic E-state index is -4.48. The van der Waals surface area contributed by atoms with E-state index in [-0.39, 0.29) is 12.4 Å². The van der Waals surface area contributed by atoms with E-state index in [1.165, 1.54) is 18.2 Å². The number of alkyl halides is 3. The first-order valence-electron chi connectivity index (χ1n) is 6.13. The van der Waals surface area contributed by atoms with Gasteiger partial charge in [0.2, 0.25) is 0 Å². The summed E-state index contributed by atoms with van der Waals surface area (Å²) in [6.07, 6.45) is -4.48. The molecule has 0 unspecified atom stereocenters. The fourth-order valence-corrected chi connectivity index (χ4v) is 1.77. The predicted octanol–water partition coefficient (Wildman–Crippen LogP) is 4.62. The topological polar surface area (TPSA) is 34.3 Å². The molecule has 2 aromatic rings. The first-order chi connectivity index (χ1) is 9.86. The van der Waals surface area contributed by atoms with Gasteiger partial charge in [-0.1, -0.05) is 23.8 Å². The van der Waals surface area contributed by atoms with E-state index in [1.54, 1.807) is 12.1 Å². The number of phenolic OH excluding ortho intramolecular Hbond substituents is 1. The first-order valence-corrected chi connectivity index (χ1v) is 6.13. The van der Waals surface area contributed by atoms with Crippen molar-refractivity contribution in [2.75, 3.05) is 0 Å². The number of benzene rings is 2. The minimum absolute atomic E-state index is 0.0847. The zero-order valence-corrected chi connectivity index (χ0v) is 10.9. The van der Waals surface area contributed by atoms with E-state index in [0.29, 0.717) is 18.2 Å². The van der Waals surface area contributed by atoms with Gasteiger partial charge in [-0.25, -0.2) is 4.39 Å². The molecule has 112 valence electrons. The van der Waals surface area contributed by atoms with E-state index in [2.05, 4.69) is 5.32 Å². The molecular weight excluding hydrogens is 286 g/mol. The van der Waals surface area contributed by atoms with E-state index in [4.69, 9.17) is 0 Å². The highest BCUT2D eigenvalue weighted by molar-refractivity contribution is 5.38. The molecule has 0 aliphatic rings. The van der Waals surface area contributed by atoms with Gasteiger partial charge in [0.05, 0.1) is 5.56 Å². The van der Waals surface area contributed by atoms with Gasteiger partial charge in [-0.2, -0.15) is 13.2 Å². The van der Waals surface area contributed by atoms with Crippen molar-refractivity contribution in [3.63, 3.8) is 0 Å². The lowest BCUT2D eigenvalue weighted by molar-refractivity contribution is -0.137.